The fourth-order valence-electron chi connectivity index (χ4n) is 1.31. The van der Waals surface area contributed by atoms with Crippen LogP contribution in [0.2, 0.25) is 0 Å². The molecule has 3 nitrogen and oxygen atoms in total. The number of carbonyl (C=O) groups excluding carboxylic acids is 1. The molecule has 1 aromatic carbocycles. The van der Waals surface area contributed by atoms with E-state index in [4.69, 9.17) is 0 Å². The van der Waals surface area contributed by atoms with Crippen molar-refractivity contribution in [3.8, 4) is 0 Å². The summed E-state index contributed by atoms with van der Waals surface area (Å²) in [6.07, 6.45) is -2.04. The van der Waals surface area contributed by atoms with E-state index in [-0.39, 0.29) is 12.1 Å². The zero-order chi connectivity index (χ0) is 13.6. The zero-order valence-electron chi connectivity index (χ0n) is 9.62. The number of methoxy groups -OCH3 is 1. The number of rotatable bonds is 4. The van der Waals surface area contributed by atoms with Crippen LogP contribution in [-0.4, -0.2) is 13.1 Å². The monoisotopic (exact) mass is 259 g/mol. The van der Waals surface area contributed by atoms with Gasteiger partial charge in [0.2, 0.25) is 0 Å². The minimum absolute atomic E-state index is 0.0246. The number of nitrogens with one attached hydrogen (secondary N) is 1. The van der Waals surface area contributed by atoms with Gasteiger partial charge in [-0.2, -0.15) is 13.2 Å². The molecule has 0 heterocycles. The standard InChI is InChI=1S/C12H12F3NO2/c1-18-11(17)6-7-16-8-9-4-2-3-5-10(9)12(13,14)15/h2-7,16H,8H2,1H3/b7-6+. The predicted octanol–water partition coefficient (Wildman–Crippen LogP) is 2.48. The lowest BCUT2D eigenvalue weighted by Gasteiger charge is -2.12. The molecule has 1 rings (SSSR count). The van der Waals surface area contributed by atoms with Gasteiger partial charge >= 0.3 is 12.1 Å². The lowest BCUT2D eigenvalue weighted by Crippen LogP contribution is -2.14. The molecule has 0 aliphatic carbocycles. The zero-order valence-corrected chi connectivity index (χ0v) is 9.62. The van der Waals surface area contributed by atoms with E-state index < -0.39 is 17.7 Å². The van der Waals surface area contributed by atoms with Gasteiger partial charge in [-0.15, -0.1) is 0 Å². The highest BCUT2D eigenvalue weighted by Crippen LogP contribution is 2.31. The highest BCUT2D eigenvalue weighted by molar-refractivity contribution is 5.81. The van der Waals surface area contributed by atoms with Crippen LogP contribution in [0, 0.1) is 0 Å². The Labute approximate surface area is 102 Å². The first-order valence-electron chi connectivity index (χ1n) is 5.08. The van der Waals surface area contributed by atoms with Crippen LogP contribution in [0.3, 0.4) is 0 Å². The molecule has 6 heteroatoms. The number of carbonyl (C=O) groups is 1. The normalized spacial score (nSPS) is 11.6. The van der Waals surface area contributed by atoms with Crippen LogP contribution >= 0.6 is 0 Å². The molecule has 0 radical (unpaired) electrons. The van der Waals surface area contributed by atoms with Crippen LogP contribution < -0.4 is 5.32 Å². The summed E-state index contributed by atoms with van der Waals surface area (Å²) in [5.74, 6) is -0.577. The number of benzene rings is 1. The van der Waals surface area contributed by atoms with Crippen LogP contribution in [0.5, 0.6) is 0 Å². The molecule has 0 aliphatic heterocycles. The van der Waals surface area contributed by atoms with E-state index in [2.05, 4.69) is 10.1 Å². The lowest BCUT2D eigenvalue weighted by atomic mass is 10.1. The molecule has 0 unspecified atom stereocenters. The third-order valence-corrected chi connectivity index (χ3v) is 2.15. The number of halogens is 3. The van der Waals surface area contributed by atoms with Crippen LogP contribution in [0.15, 0.2) is 36.5 Å². The summed E-state index contributed by atoms with van der Waals surface area (Å²) >= 11 is 0. The van der Waals surface area contributed by atoms with Crippen molar-refractivity contribution in [1.82, 2.24) is 5.32 Å². The van der Waals surface area contributed by atoms with Crippen molar-refractivity contribution in [2.45, 2.75) is 12.7 Å². The van der Waals surface area contributed by atoms with Crippen molar-refractivity contribution in [2.24, 2.45) is 0 Å². The van der Waals surface area contributed by atoms with Gasteiger partial charge in [0.25, 0.3) is 0 Å². The molecule has 98 valence electrons. The first-order valence-corrected chi connectivity index (χ1v) is 5.08. The van der Waals surface area contributed by atoms with Gasteiger partial charge in [-0.25, -0.2) is 4.79 Å². The molecule has 0 atom stereocenters. The molecule has 0 aromatic heterocycles. The Kier molecular flexibility index (Phi) is 4.76. The van der Waals surface area contributed by atoms with Crippen LogP contribution in [0.1, 0.15) is 11.1 Å². The van der Waals surface area contributed by atoms with Gasteiger partial charge in [-0.3, -0.25) is 0 Å². The minimum atomic E-state index is -4.38. The molecule has 0 spiro atoms. The summed E-state index contributed by atoms with van der Waals surface area (Å²) in [4.78, 5) is 10.7. The number of esters is 1. The van der Waals surface area contributed by atoms with Crippen molar-refractivity contribution in [2.75, 3.05) is 7.11 Å². The van der Waals surface area contributed by atoms with E-state index in [1.165, 1.54) is 31.5 Å². The van der Waals surface area contributed by atoms with E-state index in [9.17, 15) is 18.0 Å². The van der Waals surface area contributed by atoms with Crippen molar-refractivity contribution in [1.29, 1.82) is 0 Å². The molecule has 0 saturated carbocycles. The third kappa shape index (κ3) is 4.12. The van der Waals surface area contributed by atoms with E-state index in [0.717, 1.165) is 12.1 Å². The van der Waals surface area contributed by atoms with Gasteiger partial charge in [0, 0.05) is 18.8 Å². The largest absolute Gasteiger partial charge is 0.466 e. The molecule has 0 fully saturated rings. The summed E-state index contributed by atoms with van der Waals surface area (Å²) in [6, 6.07) is 5.25. The van der Waals surface area contributed by atoms with Crippen molar-refractivity contribution in [3.63, 3.8) is 0 Å². The van der Waals surface area contributed by atoms with Crippen molar-refractivity contribution in [3.05, 3.63) is 47.7 Å². The predicted molar refractivity (Wildman–Crippen MR) is 59.4 cm³/mol. The average molecular weight is 259 g/mol. The van der Waals surface area contributed by atoms with Crippen molar-refractivity contribution >= 4 is 5.97 Å². The molecule has 1 N–H and O–H groups in total. The summed E-state index contributed by atoms with van der Waals surface area (Å²) in [5, 5.41) is 2.60. The number of alkyl halides is 3. The van der Waals surface area contributed by atoms with E-state index >= 15 is 0 Å². The Hall–Kier alpha value is -1.98. The van der Waals surface area contributed by atoms with Gasteiger partial charge < -0.3 is 10.1 Å². The van der Waals surface area contributed by atoms with Gasteiger partial charge in [0.15, 0.2) is 0 Å². The first-order chi connectivity index (χ1) is 8.45. The van der Waals surface area contributed by atoms with Gasteiger partial charge in [-0.1, -0.05) is 18.2 Å². The van der Waals surface area contributed by atoms with Crippen LogP contribution in [-0.2, 0) is 22.3 Å². The fourth-order valence-corrected chi connectivity index (χ4v) is 1.31. The van der Waals surface area contributed by atoms with Gasteiger partial charge in [0.05, 0.1) is 12.7 Å². The quantitative estimate of drug-likeness (QED) is 0.667. The molecule has 0 amide bonds. The Morgan fingerprint density at radius 3 is 2.67 bits per heavy atom. The summed E-state index contributed by atoms with van der Waals surface area (Å²) in [7, 11) is 1.21. The average Bonchev–Trinajstić information content (AvgIpc) is 2.33. The Morgan fingerprint density at radius 1 is 1.39 bits per heavy atom. The molecule has 0 aliphatic rings. The second kappa shape index (κ2) is 6.09. The number of ether oxygens (including phenoxy) is 1. The maximum Gasteiger partial charge on any atom is 0.416 e. The van der Waals surface area contributed by atoms with Crippen LogP contribution in [0.4, 0.5) is 13.2 Å². The smallest absolute Gasteiger partial charge is 0.416 e. The number of hydrogen-bond acceptors (Lipinski definition) is 3. The van der Waals surface area contributed by atoms with Crippen LogP contribution in [0.25, 0.3) is 0 Å². The minimum Gasteiger partial charge on any atom is -0.466 e. The highest BCUT2D eigenvalue weighted by atomic mass is 19.4. The summed E-state index contributed by atoms with van der Waals surface area (Å²) in [6.45, 7) is -0.0246. The molecular weight excluding hydrogens is 247 g/mol. The van der Waals surface area contributed by atoms with E-state index in [1.54, 1.807) is 0 Å². The second-order valence-electron chi connectivity index (χ2n) is 3.39. The fraction of sp³-hybridized carbons (Fsp3) is 0.250. The molecule has 0 saturated heterocycles. The Balaban J connectivity index is 2.68. The molecular formula is C12H12F3NO2. The Bertz CT molecular complexity index is 441. The number of hydrogen-bond donors (Lipinski definition) is 1. The maximum atomic E-state index is 12.6. The molecule has 0 bridgehead atoms. The summed E-state index contributed by atoms with van der Waals surface area (Å²) in [5.41, 5.74) is -0.580. The van der Waals surface area contributed by atoms with E-state index in [1.807, 2.05) is 0 Å². The third-order valence-electron chi connectivity index (χ3n) is 2.15. The second-order valence-corrected chi connectivity index (χ2v) is 3.39. The first kappa shape index (κ1) is 14.1. The van der Waals surface area contributed by atoms with E-state index in [0.29, 0.717) is 0 Å². The van der Waals surface area contributed by atoms with Gasteiger partial charge in [-0.05, 0) is 11.6 Å². The maximum absolute atomic E-state index is 12.6. The van der Waals surface area contributed by atoms with Crippen molar-refractivity contribution < 1.29 is 22.7 Å². The van der Waals surface area contributed by atoms with Gasteiger partial charge in [0.1, 0.15) is 0 Å². The summed E-state index contributed by atoms with van der Waals surface area (Å²) < 4.78 is 42.2. The molecule has 18 heavy (non-hydrogen) atoms. The molecule has 1 aromatic rings. The Morgan fingerprint density at radius 2 is 2.06 bits per heavy atom. The highest BCUT2D eigenvalue weighted by Gasteiger charge is 2.32. The SMILES string of the molecule is COC(=O)/C=C/NCc1ccccc1C(F)(F)F. The topological polar surface area (TPSA) is 38.3 Å². The lowest BCUT2D eigenvalue weighted by molar-refractivity contribution is -0.138.